The summed E-state index contributed by atoms with van der Waals surface area (Å²) in [6.07, 6.45) is 36.4. The van der Waals surface area contributed by atoms with Crippen LogP contribution in [0.4, 0.5) is 0 Å². The molecule has 0 saturated heterocycles. The van der Waals surface area contributed by atoms with Crippen molar-refractivity contribution in [2.24, 2.45) is 11.8 Å². The summed E-state index contributed by atoms with van der Waals surface area (Å²) in [5.41, 5.74) is 0. The van der Waals surface area contributed by atoms with Gasteiger partial charge in [0, 0.05) is 0 Å². The topological polar surface area (TPSA) is 37.3 Å². The zero-order valence-corrected chi connectivity index (χ0v) is 25.3. The van der Waals surface area contributed by atoms with Crippen molar-refractivity contribution < 1.29 is 9.90 Å². The van der Waals surface area contributed by atoms with Crippen molar-refractivity contribution in [3.63, 3.8) is 0 Å². The van der Waals surface area contributed by atoms with Crippen molar-refractivity contribution in [3.05, 3.63) is 0 Å². The third-order valence-corrected chi connectivity index (χ3v) is 8.36. The molecule has 2 unspecified atom stereocenters. The average molecular weight is 509 g/mol. The average Bonchev–Trinajstić information content (AvgIpc) is 2.87. The van der Waals surface area contributed by atoms with E-state index in [1.54, 1.807) is 0 Å². The summed E-state index contributed by atoms with van der Waals surface area (Å²) < 4.78 is 0. The number of unbranched alkanes of at least 4 members (excludes halogenated alkanes) is 22. The lowest BCUT2D eigenvalue weighted by Crippen LogP contribution is -2.24. The molecule has 0 saturated carbocycles. The molecule has 0 aromatic rings. The highest BCUT2D eigenvalue weighted by Gasteiger charge is 2.26. The predicted octanol–water partition coefficient (Wildman–Crippen LogP) is 12.3. The molecule has 2 nitrogen and oxygen atoms in total. The molecule has 0 bridgehead atoms. The Morgan fingerprint density at radius 2 is 0.667 bits per heavy atom. The van der Waals surface area contributed by atoms with Crippen LogP contribution >= 0.6 is 0 Å². The zero-order chi connectivity index (χ0) is 26.5. The standard InChI is InChI=1S/C34H68O2/c1-4-7-10-13-16-18-20-22-25-28-31-33(34(35)36)32(29-26-23-15-12-9-6-3)30-27-24-21-19-17-14-11-8-5-2/h32-33H,4-31H2,1-3H3,(H,35,36). The maximum atomic E-state index is 12.3. The van der Waals surface area contributed by atoms with Gasteiger partial charge in [0.1, 0.15) is 0 Å². The molecule has 0 spiro atoms. The first-order valence-corrected chi connectivity index (χ1v) is 16.9. The van der Waals surface area contributed by atoms with Crippen LogP contribution in [0.3, 0.4) is 0 Å². The van der Waals surface area contributed by atoms with E-state index in [0.717, 1.165) is 25.7 Å². The highest BCUT2D eigenvalue weighted by atomic mass is 16.4. The van der Waals surface area contributed by atoms with Crippen LogP contribution in [0.15, 0.2) is 0 Å². The molecule has 0 aliphatic rings. The number of carboxylic acids is 1. The van der Waals surface area contributed by atoms with Gasteiger partial charge < -0.3 is 5.11 Å². The van der Waals surface area contributed by atoms with E-state index < -0.39 is 5.97 Å². The number of carbonyl (C=O) groups is 1. The molecule has 0 heterocycles. The Hall–Kier alpha value is -0.530. The van der Waals surface area contributed by atoms with Gasteiger partial charge in [-0.2, -0.15) is 0 Å². The highest BCUT2D eigenvalue weighted by Crippen LogP contribution is 2.30. The van der Waals surface area contributed by atoms with E-state index in [0.29, 0.717) is 5.92 Å². The molecular formula is C34H68O2. The second kappa shape index (κ2) is 29.0. The fourth-order valence-corrected chi connectivity index (χ4v) is 5.86. The van der Waals surface area contributed by atoms with E-state index in [4.69, 9.17) is 0 Å². The molecule has 0 radical (unpaired) electrons. The van der Waals surface area contributed by atoms with Gasteiger partial charge >= 0.3 is 5.97 Å². The van der Waals surface area contributed by atoms with Gasteiger partial charge in [0.15, 0.2) is 0 Å². The second-order valence-corrected chi connectivity index (χ2v) is 11.8. The summed E-state index contributed by atoms with van der Waals surface area (Å²) >= 11 is 0. The summed E-state index contributed by atoms with van der Waals surface area (Å²) in [5.74, 6) is -0.224. The smallest absolute Gasteiger partial charge is 0.306 e. The van der Waals surface area contributed by atoms with Gasteiger partial charge in [-0.25, -0.2) is 0 Å². The monoisotopic (exact) mass is 509 g/mol. The van der Waals surface area contributed by atoms with Gasteiger partial charge in [0.25, 0.3) is 0 Å². The summed E-state index contributed by atoms with van der Waals surface area (Å²) in [6.45, 7) is 6.83. The SMILES string of the molecule is CCCCCCCCCCCCC(C(=O)O)C(CCCCCCCC)CCCCCCCCCCC. The molecule has 0 fully saturated rings. The predicted molar refractivity (Wildman–Crippen MR) is 161 cm³/mol. The Balaban J connectivity index is 4.31. The molecule has 216 valence electrons. The molecule has 0 amide bonds. The van der Waals surface area contributed by atoms with E-state index in [9.17, 15) is 9.90 Å². The minimum atomic E-state index is -0.516. The van der Waals surface area contributed by atoms with Crippen molar-refractivity contribution in [1.29, 1.82) is 0 Å². The van der Waals surface area contributed by atoms with E-state index in [-0.39, 0.29) is 5.92 Å². The molecule has 0 aliphatic carbocycles. The quantitative estimate of drug-likeness (QED) is 0.0979. The third kappa shape index (κ3) is 23.8. The fraction of sp³-hybridized carbons (Fsp3) is 0.971. The van der Waals surface area contributed by atoms with Crippen LogP contribution in [0.25, 0.3) is 0 Å². The summed E-state index contributed by atoms with van der Waals surface area (Å²) in [5, 5.41) is 10.1. The maximum absolute atomic E-state index is 12.3. The number of carboxylic acid groups (broad SMARTS) is 1. The van der Waals surface area contributed by atoms with E-state index in [1.807, 2.05) is 0 Å². The van der Waals surface area contributed by atoms with Crippen LogP contribution in [-0.2, 0) is 4.79 Å². The summed E-state index contributed by atoms with van der Waals surface area (Å²) in [4.78, 5) is 12.3. The third-order valence-electron chi connectivity index (χ3n) is 8.36. The molecule has 1 N–H and O–H groups in total. The van der Waals surface area contributed by atoms with Crippen LogP contribution in [0.5, 0.6) is 0 Å². The lowest BCUT2D eigenvalue weighted by molar-refractivity contribution is -0.144. The van der Waals surface area contributed by atoms with Crippen LogP contribution < -0.4 is 0 Å². The van der Waals surface area contributed by atoms with E-state index in [1.165, 1.54) is 154 Å². The Labute approximate surface area is 228 Å². The van der Waals surface area contributed by atoms with Crippen LogP contribution in [0, 0.1) is 11.8 Å². The van der Waals surface area contributed by atoms with Gasteiger partial charge in [-0.1, -0.05) is 181 Å². The Morgan fingerprint density at radius 3 is 0.944 bits per heavy atom. The molecule has 0 aliphatic heterocycles. The molecule has 2 atom stereocenters. The largest absolute Gasteiger partial charge is 0.481 e. The van der Waals surface area contributed by atoms with E-state index >= 15 is 0 Å². The van der Waals surface area contributed by atoms with Gasteiger partial charge in [-0.3, -0.25) is 4.79 Å². The number of hydrogen-bond acceptors (Lipinski definition) is 1. The summed E-state index contributed by atoms with van der Waals surface area (Å²) in [6, 6.07) is 0. The van der Waals surface area contributed by atoms with Gasteiger partial charge in [0.05, 0.1) is 5.92 Å². The lowest BCUT2D eigenvalue weighted by Gasteiger charge is -2.24. The number of rotatable bonds is 30. The minimum Gasteiger partial charge on any atom is -0.481 e. The lowest BCUT2D eigenvalue weighted by atomic mass is 9.80. The molecule has 0 rings (SSSR count). The van der Waals surface area contributed by atoms with Crippen molar-refractivity contribution >= 4 is 5.97 Å². The number of hydrogen-bond donors (Lipinski definition) is 1. The number of aliphatic carboxylic acids is 1. The van der Waals surface area contributed by atoms with Crippen molar-refractivity contribution in [3.8, 4) is 0 Å². The molecule has 36 heavy (non-hydrogen) atoms. The maximum Gasteiger partial charge on any atom is 0.306 e. The first kappa shape index (κ1) is 35.5. The molecular weight excluding hydrogens is 440 g/mol. The van der Waals surface area contributed by atoms with Crippen LogP contribution in [0.2, 0.25) is 0 Å². The van der Waals surface area contributed by atoms with Gasteiger partial charge in [-0.05, 0) is 25.2 Å². The van der Waals surface area contributed by atoms with Crippen molar-refractivity contribution in [1.82, 2.24) is 0 Å². The van der Waals surface area contributed by atoms with Crippen molar-refractivity contribution in [2.75, 3.05) is 0 Å². The van der Waals surface area contributed by atoms with Crippen LogP contribution in [-0.4, -0.2) is 11.1 Å². The van der Waals surface area contributed by atoms with Crippen LogP contribution in [0.1, 0.15) is 201 Å². The molecule has 0 aromatic carbocycles. The van der Waals surface area contributed by atoms with E-state index in [2.05, 4.69) is 20.8 Å². The Kier molecular flexibility index (Phi) is 28.6. The van der Waals surface area contributed by atoms with Gasteiger partial charge in [0.2, 0.25) is 0 Å². The Morgan fingerprint density at radius 1 is 0.417 bits per heavy atom. The van der Waals surface area contributed by atoms with Gasteiger partial charge in [-0.15, -0.1) is 0 Å². The van der Waals surface area contributed by atoms with Crippen molar-refractivity contribution in [2.45, 2.75) is 201 Å². The fourth-order valence-electron chi connectivity index (χ4n) is 5.86. The first-order valence-electron chi connectivity index (χ1n) is 16.9. The molecule has 0 aromatic heterocycles. The highest BCUT2D eigenvalue weighted by molar-refractivity contribution is 5.70. The normalized spacial score (nSPS) is 13.2. The summed E-state index contributed by atoms with van der Waals surface area (Å²) in [7, 11) is 0. The Bertz CT molecular complexity index is 433. The first-order chi connectivity index (χ1) is 17.7. The zero-order valence-electron chi connectivity index (χ0n) is 25.3. The second-order valence-electron chi connectivity index (χ2n) is 11.8. The minimum absolute atomic E-state index is 0.108. The molecule has 2 heteroatoms.